The van der Waals surface area contributed by atoms with Crippen molar-refractivity contribution in [3.63, 3.8) is 0 Å². The van der Waals surface area contributed by atoms with Crippen molar-refractivity contribution in [2.24, 2.45) is 0 Å². The van der Waals surface area contributed by atoms with Crippen LogP contribution in [-0.2, 0) is 0 Å². The minimum Gasteiger partial charge on any atom is -0.353 e. The van der Waals surface area contributed by atoms with Crippen LogP contribution in [0.3, 0.4) is 0 Å². The van der Waals surface area contributed by atoms with E-state index in [4.69, 9.17) is 11.6 Å². The van der Waals surface area contributed by atoms with Crippen molar-refractivity contribution in [2.75, 3.05) is 0 Å². The molecule has 0 aliphatic heterocycles. The molecule has 1 N–H and O–H groups in total. The molecule has 2 aromatic heterocycles. The van der Waals surface area contributed by atoms with Crippen molar-refractivity contribution in [2.45, 2.75) is 0 Å². The van der Waals surface area contributed by atoms with Crippen molar-refractivity contribution in [3.8, 4) is 11.4 Å². The zero-order valence-corrected chi connectivity index (χ0v) is 9.20. The molecule has 16 heavy (non-hydrogen) atoms. The van der Waals surface area contributed by atoms with E-state index in [0.29, 0.717) is 5.02 Å². The third-order valence-electron chi connectivity index (χ3n) is 2.53. The fourth-order valence-electron chi connectivity index (χ4n) is 1.75. The number of hydrogen-bond donors (Lipinski definition) is 1. The van der Waals surface area contributed by atoms with E-state index >= 15 is 0 Å². The Morgan fingerprint density at radius 3 is 2.69 bits per heavy atom. The number of aromatic nitrogens is 2. The van der Waals surface area contributed by atoms with Crippen molar-refractivity contribution < 1.29 is 0 Å². The van der Waals surface area contributed by atoms with E-state index in [1.807, 2.05) is 24.3 Å². The molecular weight excluding hydrogens is 220 g/mol. The summed E-state index contributed by atoms with van der Waals surface area (Å²) in [5, 5.41) is 1.84. The quantitative estimate of drug-likeness (QED) is 0.673. The van der Waals surface area contributed by atoms with Gasteiger partial charge in [-0.2, -0.15) is 0 Å². The molecule has 2 heterocycles. The SMILES string of the molecule is Clc1ccc(-c2cc3ccccc3[nH]2)nc1. The maximum atomic E-state index is 5.81. The fraction of sp³-hybridized carbons (Fsp3) is 0. The Hall–Kier alpha value is -1.80. The minimum atomic E-state index is 0.653. The maximum absolute atomic E-state index is 5.81. The predicted molar refractivity (Wildman–Crippen MR) is 66.5 cm³/mol. The number of fused-ring (bicyclic) bond motifs is 1. The number of halogens is 1. The molecule has 0 amide bonds. The molecule has 3 heteroatoms. The lowest BCUT2D eigenvalue weighted by Crippen LogP contribution is -1.81. The van der Waals surface area contributed by atoms with Gasteiger partial charge in [-0.25, -0.2) is 0 Å². The van der Waals surface area contributed by atoms with Crippen molar-refractivity contribution in [1.29, 1.82) is 0 Å². The maximum Gasteiger partial charge on any atom is 0.0865 e. The molecule has 0 spiro atoms. The number of aromatic amines is 1. The van der Waals surface area contributed by atoms with Crippen LogP contribution in [0.2, 0.25) is 5.02 Å². The minimum absolute atomic E-state index is 0.653. The lowest BCUT2D eigenvalue weighted by Gasteiger charge is -1.95. The van der Waals surface area contributed by atoms with Gasteiger partial charge in [0.05, 0.1) is 16.4 Å². The average molecular weight is 229 g/mol. The fourth-order valence-corrected chi connectivity index (χ4v) is 1.86. The monoisotopic (exact) mass is 228 g/mol. The number of benzene rings is 1. The number of rotatable bonds is 1. The summed E-state index contributed by atoms with van der Waals surface area (Å²) in [7, 11) is 0. The van der Waals surface area contributed by atoms with E-state index in [1.54, 1.807) is 6.20 Å². The van der Waals surface area contributed by atoms with Gasteiger partial charge in [0, 0.05) is 17.1 Å². The molecule has 78 valence electrons. The van der Waals surface area contributed by atoms with E-state index in [9.17, 15) is 0 Å². The van der Waals surface area contributed by atoms with Gasteiger partial charge in [-0.3, -0.25) is 4.98 Å². The highest BCUT2D eigenvalue weighted by molar-refractivity contribution is 6.30. The number of nitrogens with zero attached hydrogens (tertiary/aromatic N) is 1. The predicted octanol–water partition coefficient (Wildman–Crippen LogP) is 3.88. The number of pyridine rings is 1. The van der Waals surface area contributed by atoms with E-state index in [1.165, 1.54) is 5.39 Å². The second-order valence-electron chi connectivity index (χ2n) is 3.63. The van der Waals surface area contributed by atoms with Crippen LogP contribution in [0, 0.1) is 0 Å². The molecule has 0 aliphatic carbocycles. The lowest BCUT2D eigenvalue weighted by molar-refractivity contribution is 1.29. The van der Waals surface area contributed by atoms with Crippen LogP contribution in [0.25, 0.3) is 22.3 Å². The first kappa shape index (κ1) is 9.43. The third-order valence-corrected chi connectivity index (χ3v) is 2.76. The van der Waals surface area contributed by atoms with Gasteiger partial charge in [0.15, 0.2) is 0 Å². The third kappa shape index (κ3) is 1.57. The molecule has 0 saturated heterocycles. The van der Waals surface area contributed by atoms with Gasteiger partial charge >= 0.3 is 0 Å². The standard InChI is InChI=1S/C13H9ClN2/c14-10-5-6-12(15-8-10)13-7-9-3-1-2-4-11(9)16-13/h1-8,16H. The highest BCUT2D eigenvalue weighted by atomic mass is 35.5. The average Bonchev–Trinajstić information content (AvgIpc) is 2.73. The Labute approximate surface area is 97.9 Å². The molecular formula is C13H9ClN2. The summed E-state index contributed by atoms with van der Waals surface area (Å²) in [6.45, 7) is 0. The molecule has 0 aliphatic rings. The summed E-state index contributed by atoms with van der Waals surface area (Å²) < 4.78 is 0. The number of para-hydroxylation sites is 1. The first-order chi connectivity index (χ1) is 7.83. The van der Waals surface area contributed by atoms with Crippen LogP contribution >= 0.6 is 11.6 Å². The van der Waals surface area contributed by atoms with Gasteiger partial charge in [0.1, 0.15) is 0 Å². The van der Waals surface area contributed by atoms with Crippen molar-refractivity contribution in [1.82, 2.24) is 9.97 Å². The summed E-state index contributed by atoms with van der Waals surface area (Å²) in [5.74, 6) is 0. The Kier molecular flexibility index (Phi) is 2.15. The van der Waals surface area contributed by atoms with Crippen LogP contribution < -0.4 is 0 Å². The first-order valence-electron chi connectivity index (χ1n) is 5.02. The van der Waals surface area contributed by atoms with E-state index in [2.05, 4.69) is 28.2 Å². The molecule has 3 rings (SSSR count). The van der Waals surface area contributed by atoms with Crippen LogP contribution in [0.4, 0.5) is 0 Å². The van der Waals surface area contributed by atoms with Gasteiger partial charge in [0.25, 0.3) is 0 Å². The molecule has 0 bridgehead atoms. The van der Waals surface area contributed by atoms with Crippen LogP contribution in [0.15, 0.2) is 48.7 Å². The molecule has 2 nitrogen and oxygen atoms in total. The van der Waals surface area contributed by atoms with Gasteiger partial charge in [-0.15, -0.1) is 0 Å². The molecule has 1 aromatic carbocycles. The van der Waals surface area contributed by atoms with Crippen LogP contribution in [0.1, 0.15) is 0 Å². The zero-order chi connectivity index (χ0) is 11.0. The number of nitrogens with one attached hydrogen (secondary N) is 1. The van der Waals surface area contributed by atoms with Gasteiger partial charge in [-0.05, 0) is 24.3 Å². The summed E-state index contributed by atoms with van der Waals surface area (Å²) in [6, 6.07) is 14.0. The Balaban J connectivity index is 2.15. The van der Waals surface area contributed by atoms with Gasteiger partial charge < -0.3 is 4.98 Å². The Bertz CT molecular complexity index is 593. The number of H-pyrrole nitrogens is 1. The van der Waals surface area contributed by atoms with Crippen LogP contribution in [0.5, 0.6) is 0 Å². The Morgan fingerprint density at radius 1 is 1.06 bits per heavy atom. The molecule has 3 aromatic rings. The highest BCUT2D eigenvalue weighted by Crippen LogP contribution is 2.22. The first-order valence-corrected chi connectivity index (χ1v) is 5.40. The highest BCUT2D eigenvalue weighted by Gasteiger charge is 2.03. The number of hydrogen-bond acceptors (Lipinski definition) is 1. The normalized spacial score (nSPS) is 10.8. The van der Waals surface area contributed by atoms with Crippen molar-refractivity contribution >= 4 is 22.5 Å². The summed E-state index contributed by atoms with van der Waals surface area (Å²) in [5.41, 5.74) is 3.03. The van der Waals surface area contributed by atoms with Crippen molar-refractivity contribution in [3.05, 3.63) is 53.7 Å². The molecule has 0 unspecified atom stereocenters. The lowest BCUT2D eigenvalue weighted by atomic mass is 10.2. The molecule has 0 atom stereocenters. The Morgan fingerprint density at radius 2 is 1.94 bits per heavy atom. The van der Waals surface area contributed by atoms with Gasteiger partial charge in [-0.1, -0.05) is 29.8 Å². The molecule has 0 fully saturated rings. The summed E-state index contributed by atoms with van der Waals surface area (Å²) in [6.07, 6.45) is 1.66. The van der Waals surface area contributed by atoms with E-state index < -0.39 is 0 Å². The summed E-state index contributed by atoms with van der Waals surface area (Å²) >= 11 is 5.81. The largest absolute Gasteiger partial charge is 0.353 e. The van der Waals surface area contributed by atoms with Crippen LogP contribution in [-0.4, -0.2) is 9.97 Å². The second kappa shape index (κ2) is 3.65. The van der Waals surface area contributed by atoms with Gasteiger partial charge in [0.2, 0.25) is 0 Å². The molecule has 0 radical (unpaired) electrons. The zero-order valence-electron chi connectivity index (χ0n) is 8.44. The summed E-state index contributed by atoms with van der Waals surface area (Å²) in [4.78, 5) is 7.61. The topological polar surface area (TPSA) is 28.7 Å². The molecule has 0 saturated carbocycles. The second-order valence-corrected chi connectivity index (χ2v) is 4.07. The van der Waals surface area contributed by atoms with E-state index in [0.717, 1.165) is 16.9 Å². The smallest absolute Gasteiger partial charge is 0.0865 e. The van der Waals surface area contributed by atoms with E-state index in [-0.39, 0.29) is 0 Å².